The first-order valence-corrected chi connectivity index (χ1v) is 9.12. The van der Waals surface area contributed by atoms with Crippen molar-refractivity contribution < 1.29 is 4.79 Å². The summed E-state index contributed by atoms with van der Waals surface area (Å²) in [6.45, 7) is 5.96. The third-order valence-electron chi connectivity index (χ3n) is 5.13. The molecule has 0 N–H and O–H groups in total. The lowest BCUT2D eigenvalue weighted by Crippen LogP contribution is -2.35. The second-order valence-corrected chi connectivity index (χ2v) is 7.05. The molecule has 0 radical (unpaired) electrons. The molecule has 6 nitrogen and oxygen atoms in total. The minimum absolute atomic E-state index is 0.0732. The molecule has 0 atom stereocenters. The van der Waals surface area contributed by atoms with Gasteiger partial charge in [-0.05, 0) is 37.6 Å². The Balaban J connectivity index is 1.63. The average Bonchev–Trinajstić information content (AvgIpc) is 2.97. The van der Waals surface area contributed by atoms with Crippen molar-refractivity contribution in [2.45, 2.75) is 20.4 Å². The third-order valence-corrected chi connectivity index (χ3v) is 5.13. The van der Waals surface area contributed by atoms with Crippen molar-refractivity contribution in [2.75, 3.05) is 25.0 Å². The van der Waals surface area contributed by atoms with Gasteiger partial charge in [0.05, 0.1) is 11.4 Å². The van der Waals surface area contributed by atoms with E-state index in [1.807, 2.05) is 55.1 Å². The van der Waals surface area contributed by atoms with Crippen LogP contribution in [0.2, 0.25) is 0 Å². The molecule has 0 saturated carbocycles. The Morgan fingerprint density at radius 1 is 1.00 bits per heavy atom. The van der Waals surface area contributed by atoms with Crippen LogP contribution in [-0.4, -0.2) is 45.9 Å². The van der Waals surface area contributed by atoms with E-state index < -0.39 is 0 Å². The number of fused-ring (bicyclic) bond motifs is 1. The van der Waals surface area contributed by atoms with E-state index in [-0.39, 0.29) is 5.91 Å². The summed E-state index contributed by atoms with van der Waals surface area (Å²) in [4.78, 5) is 17.2. The van der Waals surface area contributed by atoms with Crippen LogP contribution in [0.4, 0.5) is 5.69 Å². The molecule has 27 heavy (non-hydrogen) atoms. The predicted octanol–water partition coefficient (Wildman–Crippen LogP) is 2.98. The SMILES string of the molecule is Cc1ccc(-n2nnc(C(=O)N3CCN(C)c4ccccc4C3)c2C)cc1. The second-order valence-electron chi connectivity index (χ2n) is 7.05. The lowest BCUT2D eigenvalue weighted by Gasteiger charge is -2.20. The van der Waals surface area contributed by atoms with Crippen molar-refractivity contribution in [3.05, 3.63) is 71.0 Å². The van der Waals surface area contributed by atoms with Gasteiger partial charge in [0, 0.05) is 32.4 Å². The molecule has 1 amide bonds. The number of anilines is 1. The molecule has 0 bridgehead atoms. The lowest BCUT2D eigenvalue weighted by molar-refractivity contribution is 0.0745. The molecule has 0 unspecified atom stereocenters. The Kier molecular flexibility index (Phi) is 4.39. The van der Waals surface area contributed by atoms with Crippen LogP contribution in [-0.2, 0) is 6.54 Å². The van der Waals surface area contributed by atoms with Crippen molar-refractivity contribution in [1.82, 2.24) is 19.9 Å². The molecule has 138 valence electrons. The van der Waals surface area contributed by atoms with Crippen LogP contribution >= 0.6 is 0 Å². The Hall–Kier alpha value is -3.15. The monoisotopic (exact) mass is 361 g/mol. The number of hydrogen-bond donors (Lipinski definition) is 0. The molecule has 4 rings (SSSR count). The van der Waals surface area contributed by atoms with E-state index in [9.17, 15) is 4.79 Å². The van der Waals surface area contributed by atoms with Gasteiger partial charge in [-0.2, -0.15) is 0 Å². The third kappa shape index (κ3) is 3.18. The summed E-state index contributed by atoms with van der Waals surface area (Å²) in [5, 5.41) is 8.43. The number of para-hydroxylation sites is 1. The van der Waals surface area contributed by atoms with E-state index in [1.165, 1.54) is 11.3 Å². The first-order chi connectivity index (χ1) is 13.0. The highest BCUT2D eigenvalue weighted by Crippen LogP contribution is 2.25. The number of rotatable bonds is 2. The van der Waals surface area contributed by atoms with Crippen molar-refractivity contribution >= 4 is 11.6 Å². The molecule has 1 aromatic heterocycles. The minimum Gasteiger partial charge on any atom is -0.373 e. The van der Waals surface area contributed by atoms with Crippen molar-refractivity contribution in [2.24, 2.45) is 0 Å². The van der Waals surface area contributed by atoms with E-state index in [2.05, 4.69) is 34.4 Å². The molecule has 3 aromatic rings. The van der Waals surface area contributed by atoms with Gasteiger partial charge in [0.25, 0.3) is 5.91 Å². The Morgan fingerprint density at radius 3 is 2.52 bits per heavy atom. The van der Waals surface area contributed by atoms with E-state index in [0.717, 1.165) is 23.5 Å². The molecule has 2 aromatic carbocycles. The van der Waals surface area contributed by atoms with Crippen LogP contribution in [0, 0.1) is 13.8 Å². The number of amides is 1. The maximum absolute atomic E-state index is 13.2. The summed E-state index contributed by atoms with van der Waals surface area (Å²) in [6, 6.07) is 16.3. The van der Waals surface area contributed by atoms with Gasteiger partial charge in [0.1, 0.15) is 0 Å². The summed E-state index contributed by atoms with van der Waals surface area (Å²) >= 11 is 0. The highest BCUT2D eigenvalue weighted by molar-refractivity contribution is 5.93. The number of hydrogen-bond acceptors (Lipinski definition) is 4. The number of aryl methyl sites for hydroxylation is 1. The zero-order valence-electron chi connectivity index (χ0n) is 15.9. The molecule has 1 aliphatic heterocycles. The van der Waals surface area contributed by atoms with Gasteiger partial charge in [-0.15, -0.1) is 5.10 Å². The standard InChI is InChI=1S/C21H23N5O/c1-15-8-10-18(11-9-15)26-16(2)20(22-23-26)21(27)25-13-12-24(3)19-7-5-4-6-17(19)14-25/h4-11H,12-14H2,1-3H3. The molecular weight excluding hydrogens is 338 g/mol. The van der Waals surface area contributed by atoms with E-state index >= 15 is 0 Å². The van der Waals surface area contributed by atoms with Crippen LogP contribution in [0.5, 0.6) is 0 Å². The molecular formula is C21H23N5O. The fourth-order valence-electron chi connectivity index (χ4n) is 3.47. The number of likely N-dealkylation sites (N-methyl/N-ethyl adjacent to an activating group) is 1. The Bertz CT molecular complexity index is 976. The first-order valence-electron chi connectivity index (χ1n) is 9.12. The summed E-state index contributed by atoms with van der Waals surface area (Å²) < 4.78 is 1.73. The quantitative estimate of drug-likeness (QED) is 0.704. The van der Waals surface area contributed by atoms with Crippen molar-refractivity contribution in [3.63, 3.8) is 0 Å². The number of aromatic nitrogens is 3. The predicted molar refractivity (Wildman–Crippen MR) is 105 cm³/mol. The molecule has 1 aliphatic rings. The fraction of sp³-hybridized carbons (Fsp3) is 0.286. The van der Waals surface area contributed by atoms with E-state index in [4.69, 9.17) is 0 Å². The summed E-state index contributed by atoms with van der Waals surface area (Å²) in [6.07, 6.45) is 0. The highest BCUT2D eigenvalue weighted by atomic mass is 16.2. The number of carbonyl (C=O) groups is 1. The Morgan fingerprint density at radius 2 is 1.74 bits per heavy atom. The minimum atomic E-state index is -0.0732. The van der Waals surface area contributed by atoms with Crippen molar-refractivity contribution in [1.29, 1.82) is 0 Å². The van der Waals surface area contributed by atoms with E-state index in [0.29, 0.717) is 18.8 Å². The highest BCUT2D eigenvalue weighted by Gasteiger charge is 2.26. The maximum atomic E-state index is 13.2. The topological polar surface area (TPSA) is 54.3 Å². The molecule has 0 fully saturated rings. The van der Waals surface area contributed by atoms with Gasteiger partial charge < -0.3 is 9.80 Å². The van der Waals surface area contributed by atoms with E-state index in [1.54, 1.807) is 4.68 Å². The van der Waals surface area contributed by atoms with Crippen LogP contribution < -0.4 is 4.90 Å². The van der Waals surface area contributed by atoms with Crippen LogP contribution in [0.1, 0.15) is 27.3 Å². The maximum Gasteiger partial charge on any atom is 0.276 e. The van der Waals surface area contributed by atoms with Gasteiger partial charge >= 0.3 is 0 Å². The van der Waals surface area contributed by atoms with Gasteiger partial charge in [-0.25, -0.2) is 4.68 Å². The first kappa shape index (κ1) is 17.3. The summed E-state index contributed by atoms with van der Waals surface area (Å²) in [7, 11) is 2.06. The second kappa shape index (κ2) is 6.87. The van der Waals surface area contributed by atoms with Crippen LogP contribution in [0.25, 0.3) is 5.69 Å². The zero-order valence-corrected chi connectivity index (χ0v) is 15.9. The van der Waals surface area contributed by atoms with Gasteiger partial charge in [-0.1, -0.05) is 41.1 Å². The molecule has 6 heteroatoms. The van der Waals surface area contributed by atoms with Crippen LogP contribution in [0.3, 0.4) is 0 Å². The summed E-state index contributed by atoms with van der Waals surface area (Å²) in [5.74, 6) is -0.0732. The molecule has 2 heterocycles. The summed E-state index contributed by atoms with van der Waals surface area (Å²) in [5.41, 5.74) is 5.58. The largest absolute Gasteiger partial charge is 0.373 e. The van der Waals surface area contributed by atoms with Gasteiger partial charge in [-0.3, -0.25) is 4.79 Å². The smallest absolute Gasteiger partial charge is 0.276 e. The lowest BCUT2D eigenvalue weighted by atomic mass is 10.1. The number of nitrogens with zero attached hydrogens (tertiary/aromatic N) is 5. The Labute approximate surface area is 159 Å². The fourth-order valence-corrected chi connectivity index (χ4v) is 3.47. The molecule has 0 spiro atoms. The average molecular weight is 361 g/mol. The number of carbonyl (C=O) groups excluding carboxylic acids is 1. The zero-order chi connectivity index (χ0) is 19.0. The van der Waals surface area contributed by atoms with Gasteiger partial charge in [0.15, 0.2) is 5.69 Å². The normalized spacial score (nSPS) is 14.0. The van der Waals surface area contributed by atoms with Crippen LogP contribution in [0.15, 0.2) is 48.5 Å². The number of benzene rings is 2. The molecule has 0 saturated heterocycles. The van der Waals surface area contributed by atoms with Crippen molar-refractivity contribution in [3.8, 4) is 5.69 Å². The van der Waals surface area contributed by atoms with Gasteiger partial charge in [0.2, 0.25) is 0 Å². The molecule has 0 aliphatic carbocycles.